The average Bonchev–Trinajstić information content (AvgIpc) is 2.88. The van der Waals surface area contributed by atoms with Gasteiger partial charge in [0, 0.05) is 45.2 Å². The van der Waals surface area contributed by atoms with Gasteiger partial charge in [-0.05, 0) is 6.42 Å². The Balaban J connectivity index is 1.64. The first-order valence-corrected chi connectivity index (χ1v) is 7.30. The van der Waals surface area contributed by atoms with Gasteiger partial charge >= 0.3 is 0 Å². The summed E-state index contributed by atoms with van der Waals surface area (Å²) in [6.07, 6.45) is 2.78. The molecular formula is C13H23N5O. The molecule has 2 bridgehead atoms. The zero-order valence-corrected chi connectivity index (χ0v) is 11.6. The highest BCUT2D eigenvalue weighted by molar-refractivity contribution is 5.02. The summed E-state index contributed by atoms with van der Waals surface area (Å²) in [5.41, 5.74) is 6.02. The Morgan fingerprint density at radius 2 is 2.16 bits per heavy atom. The second-order valence-corrected chi connectivity index (χ2v) is 5.65. The number of piperazine rings is 3. The summed E-state index contributed by atoms with van der Waals surface area (Å²) in [6.45, 7) is 7.73. The molecule has 6 heteroatoms. The topological polar surface area (TPSA) is 71.4 Å². The molecule has 2 unspecified atom stereocenters. The van der Waals surface area contributed by atoms with E-state index >= 15 is 0 Å². The molecule has 0 amide bonds. The average molecular weight is 265 g/mol. The fourth-order valence-electron chi connectivity index (χ4n) is 3.05. The molecule has 0 aromatic carbocycles. The number of aromatic nitrogens is 2. The normalized spacial score (nSPS) is 31.6. The molecule has 0 aliphatic carbocycles. The third-order valence-corrected chi connectivity index (χ3v) is 4.16. The Hall–Kier alpha value is -0.980. The van der Waals surface area contributed by atoms with Crippen LogP contribution in [0.3, 0.4) is 0 Å². The number of nitrogens with zero attached hydrogens (tertiary/aromatic N) is 4. The predicted molar refractivity (Wildman–Crippen MR) is 71.6 cm³/mol. The van der Waals surface area contributed by atoms with Gasteiger partial charge in [-0.1, -0.05) is 18.5 Å². The van der Waals surface area contributed by atoms with Crippen LogP contribution in [0.5, 0.6) is 0 Å². The van der Waals surface area contributed by atoms with Crippen molar-refractivity contribution in [2.75, 3.05) is 32.7 Å². The monoisotopic (exact) mass is 265 g/mol. The fraction of sp³-hybridized carbons (Fsp3) is 0.846. The highest BCUT2D eigenvalue weighted by Gasteiger charge is 2.35. The zero-order chi connectivity index (χ0) is 13.2. The third-order valence-electron chi connectivity index (χ3n) is 4.16. The van der Waals surface area contributed by atoms with Crippen LogP contribution >= 0.6 is 0 Å². The first-order chi connectivity index (χ1) is 9.26. The quantitative estimate of drug-likeness (QED) is 0.831. The first-order valence-electron chi connectivity index (χ1n) is 7.30. The number of nitrogens with two attached hydrogens (primary N) is 1. The van der Waals surface area contributed by atoms with Crippen molar-refractivity contribution in [3.63, 3.8) is 0 Å². The standard InChI is InChI=1S/C13H23N5O/c1-2-3-10(14)8-12-15-13(16-19-12)11-9-17-4-6-18(11)7-5-17/h10-11H,2-9,14H2,1H3. The highest BCUT2D eigenvalue weighted by atomic mass is 16.5. The summed E-state index contributed by atoms with van der Waals surface area (Å²) in [5.74, 6) is 1.52. The van der Waals surface area contributed by atoms with Gasteiger partial charge in [-0.2, -0.15) is 4.98 Å². The number of fused-ring (bicyclic) bond motifs is 3. The SMILES string of the molecule is CCCC(N)Cc1nc(C2CN3CCN2CC3)no1. The molecule has 0 saturated carbocycles. The maximum atomic E-state index is 6.02. The molecule has 3 aliphatic heterocycles. The summed E-state index contributed by atoms with van der Waals surface area (Å²) >= 11 is 0. The van der Waals surface area contributed by atoms with E-state index in [1.165, 1.54) is 13.1 Å². The maximum absolute atomic E-state index is 6.02. The maximum Gasteiger partial charge on any atom is 0.228 e. The van der Waals surface area contributed by atoms with E-state index in [-0.39, 0.29) is 6.04 Å². The minimum Gasteiger partial charge on any atom is -0.339 e. The molecule has 2 N–H and O–H groups in total. The molecule has 3 saturated heterocycles. The minimum atomic E-state index is 0.130. The van der Waals surface area contributed by atoms with Gasteiger partial charge in [-0.3, -0.25) is 9.80 Å². The van der Waals surface area contributed by atoms with Crippen LogP contribution < -0.4 is 5.73 Å². The summed E-state index contributed by atoms with van der Waals surface area (Å²) < 4.78 is 5.36. The molecule has 4 rings (SSSR count). The molecule has 3 fully saturated rings. The molecule has 0 radical (unpaired) electrons. The number of hydrogen-bond acceptors (Lipinski definition) is 6. The van der Waals surface area contributed by atoms with Crippen LogP contribution in [0.25, 0.3) is 0 Å². The lowest BCUT2D eigenvalue weighted by Crippen LogP contribution is -2.57. The molecule has 3 aliphatic rings. The predicted octanol–water partition coefficient (Wildman–Crippen LogP) is 0.412. The van der Waals surface area contributed by atoms with Gasteiger partial charge < -0.3 is 10.3 Å². The summed E-state index contributed by atoms with van der Waals surface area (Å²) in [4.78, 5) is 9.48. The van der Waals surface area contributed by atoms with Crippen LogP contribution in [0.15, 0.2) is 4.52 Å². The van der Waals surface area contributed by atoms with Crippen molar-refractivity contribution < 1.29 is 4.52 Å². The lowest BCUT2D eigenvalue weighted by atomic mass is 10.1. The van der Waals surface area contributed by atoms with Gasteiger partial charge in [0.2, 0.25) is 5.89 Å². The molecule has 0 spiro atoms. The molecule has 1 aromatic heterocycles. The minimum absolute atomic E-state index is 0.130. The Morgan fingerprint density at radius 1 is 1.37 bits per heavy atom. The van der Waals surface area contributed by atoms with Gasteiger partial charge in [0.25, 0.3) is 0 Å². The van der Waals surface area contributed by atoms with E-state index < -0.39 is 0 Å². The zero-order valence-electron chi connectivity index (χ0n) is 11.6. The molecule has 6 nitrogen and oxygen atoms in total. The van der Waals surface area contributed by atoms with E-state index in [1.807, 2.05) is 0 Å². The smallest absolute Gasteiger partial charge is 0.228 e. The first kappa shape index (κ1) is 13.0. The largest absolute Gasteiger partial charge is 0.339 e. The van der Waals surface area contributed by atoms with Gasteiger partial charge in [-0.15, -0.1) is 0 Å². The van der Waals surface area contributed by atoms with Crippen molar-refractivity contribution >= 4 is 0 Å². The van der Waals surface area contributed by atoms with Crippen molar-refractivity contribution in [3.8, 4) is 0 Å². The van der Waals surface area contributed by atoms with Crippen LogP contribution in [0, 0.1) is 0 Å². The lowest BCUT2D eigenvalue weighted by Gasteiger charge is -2.46. The van der Waals surface area contributed by atoms with Crippen molar-refractivity contribution in [1.29, 1.82) is 0 Å². The van der Waals surface area contributed by atoms with Crippen molar-refractivity contribution in [2.24, 2.45) is 5.73 Å². The summed E-state index contributed by atoms with van der Waals surface area (Å²) in [5, 5.41) is 4.16. The van der Waals surface area contributed by atoms with E-state index in [4.69, 9.17) is 10.3 Å². The molecule has 19 heavy (non-hydrogen) atoms. The van der Waals surface area contributed by atoms with Crippen LogP contribution in [-0.2, 0) is 6.42 Å². The van der Waals surface area contributed by atoms with Gasteiger partial charge in [0.05, 0.1) is 6.04 Å². The van der Waals surface area contributed by atoms with Crippen molar-refractivity contribution in [3.05, 3.63) is 11.7 Å². The molecule has 4 heterocycles. The molecule has 2 atom stereocenters. The Kier molecular flexibility index (Phi) is 3.81. The molecular weight excluding hydrogens is 242 g/mol. The van der Waals surface area contributed by atoms with E-state index in [0.717, 1.165) is 38.3 Å². The lowest BCUT2D eigenvalue weighted by molar-refractivity contribution is 0.00781. The Morgan fingerprint density at radius 3 is 2.79 bits per heavy atom. The van der Waals surface area contributed by atoms with Gasteiger partial charge in [-0.25, -0.2) is 0 Å². The molecule has 1 aromatic rings. The van der Waals surface area contributed by atoms with Gasteiger partial charge in [0.1, 0.15) is 0 Å². The van der Waals surface area contributed by atoms with Crippen molar-refractivity contribution in [2.45, 2.75) is 38.3 Å². The van der Waals surface area contributed by atoms with Crippen LogP contribution in [0.4, 0.5) is 0 Å². The van der Waals surface area contributed by atoms with Gasteiger partial charge in [0.15, 0.2) is 5.82 Å². The Labute approximate surface area is 113 Å². The van der Waals surface area contributed by atoms with E-state index in [1.54, 1.807) is 0 Å². The summed E-state index contributed by atoms with van der Waals surface area (Å²) in [7, 11) is 0. The Bertz CT molecular complexity index is 413. The number of hydrogen-bond donors (Lipinski definition) is 1. The summed E-state index contributed by atoms with van der Waals surface area (Å²) in [6, 6.07) is 0.438. The number of rotatable bonds is 5. The van der Waals surface area contributed by atoms with E-state index in [2.05, 4.69) is 26.9 Å². The second kappa shape index (κ2) is 5.56. The fourth-order valence-corrected chi connectivity index (χ4v) is 3.05. The second-order valence-electron chi connectivity index (χ2n) is 5.65. The third kappa shape index (κ3) is 2.80. The van der Waals surface area contributed by atoms with Crippen molar-refractivity contribution in [1.82, 2.24) is 19.9 Å². The highest BCUT2D eigenvalue weighted by Crippen LogP contribution is 2.26. The molecule has 106 valence electrons. The van der Waals surface area contributed by atoms with Crippen LogP contribution in [-0.4, -0.2) is 58.7 Å². The van der Waals surface area contributed by atoms with E-state index in [0.29, 0.717) is 18.4 Å². The van der Waals surface area contributed by atoms with Crippen LogP contribution in [0.2, 0.25) is 0 Å². The van der Waals surface area contributed by atoms with Crippen LogP contribution in [0.1, 0.15) is 37.5 Å². The van der Waals surface area contributed by atoms with E-state index in [9.17, 15) is 0 Å².